The van der Waals surface area contributed by atoms with Gasteiger partial charge in [0, 0.05) is 16.5 Å². The maximum atomic E-state index is 11.1. The van der Waals surface area contributed by atoms with E-state index in [0.717, 1.165) is 12.0 Å². The number of para-hydroxylation sites is 1. The van der Waals surface area contributed by atoms with Crippen LogP contribution in [0.3, 0.4) is 0 Å². The van der Waals surface area contributed by atoms with Crippen LogP contribution in [0.2, 0.25) is 0 Å². The highest BCUT2D eigenvalue weighted by molar-refractivity contribution is 9.09. The van der Waals surface area contributed by atoms with Gasteiger partial charge >= 0.3 is 0 Å². The van der Waals surface area contributed by atoms with Crippen LogP contribution in [0, 0.1) is 16.0 Å². The largest absolute Gasteiger partial charge is 0.272 e. The lowest BCUT2D eigenvalue weighted by Gasteiger charge is -2.24. The van der Waals surface area contributed by atoms with Crippen molar-refractivity contribution in [3.05, 3.63) is 39.9 Å². The highest BCUT2D eigenvalue weighted by Gasteiger charge is 2.23. The predicted molar refractivity (Wildman–Crippen MR) is 85.3 cm³/mol. The number of nitro groups is 1. The summed E-state index contributed by atoms with van der Waals surface area (Å²) in [4.78, 5) is 11.1. The standard InChI is InChI=1S/C16H22BrNO2/c17-15(13-8-4-2-1-3-5-9-13)12-14-10-6-7-11-16(14)18(19)20/h6-7,10-11,13,15H,1-5,8-9,12H2. The molecule has 4 heteroatoms. The second-order valence-electron chi connectivity index (χ2n) is 5.71. The minimum absolute atomic E-state index is 0.253. The maximum Gasteiger partial charge on any atom is 0.272 e. The summed E-state index contributed by atoms with van der Waals surface area (Å²) in [5.41, 5.74) is 1.10. The molecule has 0 radical (unpaired) electrons. The van der Waals surface area contributed by atoms with Crippen LogP contribution in [0.1, 0.15) is 50.5 Å². The fraction of sp³-hybridized carbons (Fsp3) is 0.625. The van der Waals surface area contributed by atoms with E-state index < -0.39 is 0 Å². The Bertz CT molecular complexity index is 442. The first-order valence-electron chi connectivity index (χ1n) is 7.55. The van der Waals surface area contributed by atoms with Crippen LogP contribution in [0.4, 0.5) is 5.69 Å². The van der Waals surface area contributed by atoms with Gasteiger partial charge in [-0.2, -0.15) is 0 Å². The van der Waals surface area contributed by atoms with Gasteiger partial charge in [0.05, 0.1) is 4.92 Å². The molecule has 1 aromatic rings. The van der Waals surface area contributed by atoms with Crippen molar-refractivity contribution >= 4 is 21.6 Å². The van der Waals surface area contributed by atoms with Crippen LogP contribution in [0.15, 0.2) is 24.3 Å². The van der Waals surface area contributed by atoms with E-state index in [1.54, 1.807) is 12.1 Å². The van der Waals surface area contributed by atoms with Crippen LogP contribution >= 0.6 is 15.9 Å². The molecule has 0 amide bonds. The summed E-state index contributed by atoms with van der Waals surface area (Å²) in [6, 6.07) is 7.11. The van der Waals surface area contributed by atoms with Crippen LogP contribution in [0.25, 0.3) is 0 Å². The second-order valence-corrected chi connectivity index (χ2v) is 6.89. The number of hydrogen-bond donors (Lipinski definition) is 0. The first-order valence-corrected chi connectivity index (χ1v) is 8.46. The van der Waals surface area contributed by atoms with Crippen molar-refractivity contribution in [2.45, 2.75) is 56.2 Å². The normalized spacial score (nSPS) is 19.1. The zero-order valence-electron chi connectivity index (χ0n) is 11.8. The van der Waals surface area contributed by atoms with Gasteiger partial charge < -0.3 is 0 Å². The summed E-state index contributed by atoms with van der Waals surface area (Å²) in [5.74, 6) is 0.648. The molecule has 1 aliphatic rings. The number of hydrogen-bond acceptors (Lipinski definition) is 2. The fourth-order valence-electron chi connectivity index (χ4n) is 3.09. The first kappa shape index (κ1) is 15.5. The van der Waals surface area contributed by atoms with Gasteiger partial charge in [-0.15, -0.1) is 0 Å². The quantitative estimate of drug-likeness (QED) is 0.426. The smallest absolute Gasteiger partial charge is 0.258 e. The van der Waals surface area contributed by atoms with Crippen molar-refractivity contribution in [1.82, 2.24) is 0 Å². The molecule has 110 valence electrons. The van der Waals surface area contributed by atoms with Gasteiger partial charge in [0.1, 0.15) is 0 Å². The average Bonchev–Trinajstić information content (AvgIpc) is 2.38. The Balaban J connectivity index is 2.02. The summed E-state index contributed by atoms with van der Waals surface area (Å²) in [7, 11) is 0. The van der Waals surface area contributed by atoms with Gasteiger partial charge in [0.2, 0.25) is 0 Å². The molecular formula is C16H22BrNO2. The molecule has 0 heterocycles. The topological polar surface area (TPSA) is 43.1 Å². The molecular weight excluding hydrogens is 318 g/mol. The lowest BCUT2D eigenvalue weighted by molar-refractivity contribution is -0.385. The molecule has 0 aromatic heterocycles. The zero-order valence-corrected chi connectivity index (χ0v) is 13.3. The molecule has 20 heavy (non-hydrogen) atoms. The monoisotopic (exact) mass is 339 g/mol. The number of alkyl halides is 1. The van der Waals surface area contributed by atoms with E-state index in [0.29, 0.717) is 10.7 Å². The number of rotatable bonds is 4. The van der Waals surface area contributed by atoms with Crippen molar-refractivity contribution in [3.8, 4) is 0 Å². The molecule has 1 atom stereocenters. The summed E-state index contributed by atoms with van der Waals surface area (Å²) in [6.45, 7) is 0. The molecule has 0 N–H and O–H groups in total. The van der Waals surface area contributed by atoms with Crippen molar-refractivity contribution in [1.29, 1.82) is 0 Å². The van der Waals surface area contributed by atoms with Crippen LogP contribution in [-0.2, 0) is 6.42 Å². The number of nitrogens with zero attached hydrogens (tertiary/aromatic N) is 1. The first-order chi connectivity index (χ1) is 9.68. The molecule has 1 unspecified atom stereocenters. The molecule has 0 saturated heterocycles. The minimum Gasteiger partial charge on any atom is -0.258 e. The van der Waals surface area contributed by atoms with Crippen molar-refractivity contribution in [2.24, 2.45) is 5.92 Å². The lowest BCUT2D eigenvalue weighted by atomic mass is 9.86. The lowest BCUT2D eigenvalue weighted by Crippen LogP contribution is -2.19. The van der Waals surface area contributed by atoms with Gasteiger partial charge in [-0.1, -0.05) is 66.2 Å². The Hall–Kier alpha value is -0.900. The van der Waals surface area contributed by atoms with Crippen LogP contribution in [-0.4, -0.2) is 9.75 Å². The number of halogens is 1. The van der Waals surface area contributed by atoms with E-state index in [1.165, 1.54) is 44.9 Å². The summed E-state index contributed by atoms with van der Waals surface area (Å²) in [6.07, 6.45) is 9.87. The van der Waals surface area contributed by atoms with Crippen molar-refractivity contribution < 1.29 is 4.92 Å². The Morgan fingerprint density at radius 3 is 2.40 bits per heavy atom. The molecule has 1 fully saturated rings. The predicted octanol–water partition coefficient (Wildman–Crippen LogP) is 5.26. The van der Waals surface area contributed by atoms with E-state index in [9.17, 15) is 10.1 Å². The average molecular weight is 340 g/mol. The van der Waals surface area contributed by atoms with Crippen LogP contribution < -0.4 is 0 Å². The minimum atomic E-state index is -0.271. The third-order valence-corrected chi connectivity index (χ3v) is 5.34. The zero-order chi connectivity index (χ0) is 14.4. The number of benzene rings is 1. The van der Waals surface area contributed by atoms with Crippen molar-refractivity contribution in [3.63, 3.8) is 0 Å². The highest BCUT2D eigenvalue weighted by atomic mass is 79.9. The molecule has 0 bridgehead atoms. The molecule has 3 nitrogen and oxygen atoms in total. The van der Waals surface area contributed by atoms with Crippen molar-refractivity contribution in [2.75, 3.05) is 0 Å². The Kier molecular flexibility index (Phi) is 6.02. The molecule has 2 rings (SSSR count). The third kappa shape index (κ3) is 4.30. The van der Waals surface area contributed by atoms with Crippen LogP contribution in [0.5, 0.6) is 0 Å². The van der Waals surface area contributed by atoms with E-state index in [-0.39, 0.29) is 10.6 Å². The van der Waals surface area contributed by atoms with Gasteiger partial charge in [0.15, 0.2) is 0 Å². The summed E-state index contributed by atoms with van der Waals surface area (Å²) in [5, 5.41) is 11.1. The van der Waals surface area contributed by atoms with E-state index >= 15 is 0 Å². The fourth-order valence-corrected chi connectivity index (χ4v) is 3.97. The van der Waals surface area contributed by atoms with Gasteiger partial charge in [-0.3, -0.25) is 10.1 Å². The molecule has 1 saturated carbocycles. The Labute approximate surface area is 129 Å². The maximum absolute atomic E-state index is 11.1. The molecule has 1 aromatic carbocycles. The summed E-state index contributed by atoms with van der Waals surface area (Å²) >= 11 is 3.80. The van der Waals surface area contributed by atoms with E-state index in [2.05, 4.69) is 15.9 Å². The Morgan fingerprint density at radius 1 is 1.15 bits per heavy atom. The van der Waals surface area contributed by atoms with E-state index in [1.807, 2.05) is 12.1 Å². The summed E-state index contributed by atoms with van der Waals surface area (Å²) < 4.78 is 0. The highest BCUT2D eigenvalue weighted by Crippen LogP contribution is 2.32. The SMILES string of the molecule is O=[N+]([O-])c1ccccc1CC(Br)C1CCCCCCC1. The van der Waals surface area contributed by atoms with E-state index in [4.69, 9.17) is 0 Å². The second kappa shape index (κ2) is 7.77. The van der Waals surface area contributed by atoms with Gasteiger partial charge in [0.25, 0.3) is 5.69 Å². The Morgan fingerprint density at radius 2 is 1.75 bits per heavy atom. The molecule has 1 aliphatic carbocycles. The van der Waals surface area contributed by atoms with Gasteiger partial charge in [-0.25, -0.2) is 0 Å². The van der Waals surface area contributed by atoms with Gasteiger partial charge in [-0.05, 0) is 25.2 Å². The number of nitro benzene ring substituents is 1. The third-order valence-electron chi connectivity index (χ3n) is 4.26. The molecule has 0 aliphatic heterocycles. The molecule has 0 spiro atoms.